The van der Waals surface area contributed by atoms with Crippen LogP contribution in [0.2, 0.25) is 0 Å². The lowest BCUT2D eigenvalue weighted by atomic mass is 9.68. The van der Waals surface area contributed by atoms with Crippen LogP contribution in [0.25, 0.3) is 28.1 Å². The fourth-order valence-corrected chi connectivity index (χ4v) is 9.13. The van der Waals surface area contributed by atoms with E-state index < -0.39 is 62.7 Å². The van der Waals surface area contributed by atoms with Crippen molar-refractivity contribution in [2.24, 2.45) is 11.8 Å². The van der Waals surface area contributed by atoms with E-state index in [1.54, 1.807) is 10.8 Å². The van der Waals surface area contributed by atoms with E-state index in [-0.39, 0.29) is 46.5 Å². The minimum Gasteiger partial charge on any atom is -0.493 e. The molecule has 23 heteroatoms. The summed E-state index contributed by atoms with van der Waals surface area (Å²) in [4.78, 5) is 25.1. The van der Waals surface area contributed by atoms with Crippen molar-refractivity contribution < 1.29 is 41.5 Å². The fourth-order valence-electron chi connectivity index (χ4n) is 6.29. The Kier molecular flexibility index (Phi) is 7.34. The molecule has 3 fully saturated rings. The number of aromatic nitrogens is 9. The van der Waals surface area contributed by atoms with E-state index in [0.717, 1.165) is 0 Å². The Morgan fingerprint density at radius 3 is 2.62 bits per heavy atom. The van der Waals surface area contributed by atoms with Gasteiger partial charge in [-0.2, -0.15) is 4.98 Å². The molecule has 1 saturated carbocycles. The molecule has 1 aliphatic carbocycles. The molecule has 2 saturated heterocycles. The number of ether oxygens (including phenoxy) is 1. The summed E-state index contributed by atoms with van der Waals surface area (Å²) in [7, 11) is 0. The maximum atomic E-state index is 16.1. The molecule has 5 aromatic heterocycles. The smallest absolute Gasteiger partial charge is 0.436 e. The topological polar surface area (TPSA) is 218 Å². The monoisotopic (exact) mass is 726 g/mol. The second-order valence-corrected chi connectivity index (χ2v) is 16.9. The van der Waals surface area contributed by atoms with Gasteiger partial charge in [0.1, 0.15) is 29.8 Å². The lowest BCUT2D eigenvalue weighted by Crippen LogP contribution is -2.42. The number of rotatable bonds is 2. The van der Waals surface area contributed by atoms with E-state index in [1.165, 1.54) is 34.1 Å². The van der Waals surface area contributed by atoms with Crippen LogP contribution in [0.1, 0.15) is 18.7 Å². The molecule has 2 aliphatic heterocycles. The van der Waals surface area contributed by atoms with Crippen LogP contribution in [-0.4, -0.2) is 80.1 Å². The molecule has 7 heterocycles. The summed E-state index contributed by atoms with van der Waals surface area (Å²) in [5.41, 5.74) is 6.84. The predicted molar refractivity (Wildman–Crippen MR) is 167 cm³/mol. The Morgan fingerprint density at radius 2 is 1.79 bits per heavy atom. The number of thiol groups is 2. The lowest BCUT2D eigenvalue weighted by molar-refractivity contribution is -0.0402. The molecule has 0 spiro atoms. The third-order valence-corrected chi connectivity index (χ3v) is 11.6. The average Bonchev–Trinajstić information content (AvgIpc) is 3.78. The van der Waals surface area contributed by atoms with Crippen LogP contribution in [0, 0.1) is 11.8 Å². The van der Waals surface area contributed by atoms with Crippen LogP contribution in [0.5, 0.6) is 5.88 Å². The fraction of sp³-hybridized carbons (Fsp3) is 0.417. The van der Waals surface area contributed by atoms with Crippen molar-refractivity contribution in [3.05, 3.63) is 43.7 Å². The molecule has 0 amide bonds. The molecular weight excluding hydrogens is 701 g/mol. The third kappa shape index (κ3) is 5.20. The number of hydrogen-bond donors (Lipinski definition) is 4. The predicted octanol–water partition coefficient (Wildman–Crippen LogP) is 3.66. The van der Waals surface area contributed by atoms with Gasteiger partial charge in [0.25, 0.3) is 0 Å². The Hall–Kier alpha value is -3.29. The summed E-state index contributed by atoms with van der Waals surface area (Å²) in [5.74, 6) is -0.813. The molecule has 0 unspecified atom stereocenters. The van der Waals surface area contributed by atoms with Crippen molar-refractivity contribution in [1.82, 2.24) is 43.4 Å². The first-order chi connectivity index (χ1) is 22.4. The average molecular weight is 727 g/mol. The normalized spacial score (nSPS) is 35.0. The van der Waals surface area contributed by atoms with Crippen molar-refractivity contribution in [3.8, 4) is 5.88 Å². The third-order valence-electron chi connectivity index (χ3n) is 8.50. The number of fused-ring (bicyclic) bond motifs is 5. The number of nitrogens with zero attached hydrogens (tertiary/aromatic N) is 9. The number of allylic oxidation sites excluding steroid dienone is 1. The van der Waals surface area contributed by atoms with Crippen LogP contribution >= 0.6 is 38.1 Å². The summed E-state index contributed by atoms with van der Waals surface area (Å²) >= 11 is 8.27. The number of alkyl halides is 1. The number of halogens is 1. The summed E-state index contributed by atoms with van der Waals surface area (Å²) in [6.45, 7) is -5.16. The summed E-state index contributed by atoms with van der Waals surface area (Å²) in [6.07, 6.45) is 1.19. The van der Waals surface area contributed by atoms with Crippen LogP contribution in [0.3, 0.4) is 0 Å². The molecule has 248 valence electrons. The van der Waals surface area contributed by atoms with E-state index >= 15 is 4.39 Å². The van der Waals surface area contributed by atoms with Crippen LogP contribution in [-0.2, 0) is 32.0 Å². The molecule has 0 aromatic carbocycles. The minimum atomic E-state index is -4.23. The number of aromatic hydroxyl groups is 1. The van der Waals surface area contributed by atoms with Crippen molar-refractivity contribution in [2.75, 3.05) is 18.9 Å². The first kappa shape index (κ1) is 31.0. The number of nitrogen functional groups attached to an aromatic ring is 1. The van der Waals surface area contributed by atoms with Crippen molar-refractivity contribution in [1.29, 1.82) is 0 Å². The van der Waals surface area contributed by atoms with Crippen molar-refractivity contribution >= 4 is 72.0 Å². The molecular formula is C24H25FN10O8P2S2. The van der Waals surface area contributed by atoms with Gasteiger partial charge in [-0.3, -0.25) is 18.0 Å². The molecule has 5 aromatic rings. The van der Waals surface area contributed by atoms with Gasteiger partial charge in [0.15, 0.2) is 35.0 Å². The largest absolute Gasteiger partial charge is 0.493 e. The molecule has 8 rings (SSSR count). The molecule has 0 bridgehead atoms. The molecule has 3 N–H and O–H groups in total. The molecule has 9 atom stereocenters. The van der Waals surface area contributed by atoms with Crippen molar-refractivity contribution in [2.45, 2.75) is 37.1 Å². The van der Waals surface area contributed by atoms with E-state index in [4.69, 9.17) is 28.6 Å². The van der Waals surface area contributed by atoms with Crippen LogP contribution in [0.4, 0.5) is 10.2 Å². The summed E-state index contributed by atoms with van der Waals surface area (Å²) in [6, 6.07) is -0.425. The second-order valence-electron chi connectivity index (χ2n) is 11.2. The van der Waals surface area contributed by atoms with Gasteiger partial charge >= 0.3 is 13.6 Å². The maximum absolute atomic E-state index is 16.1. The van der Waals surface area contributed by atoms with Gasteiger partial charge in [-0.25, -0.2) is 38.4 Å². The maximum Gasteiger partial charge on any atom is 0.436 e. The number of nitrogens with two attached hydrogens (primary N) is 1. The highest BCUT2D eigenvalue weighted by molar-refractivity contribution is 8.44. The Morgan fingerprint density at radius 1 is 1.02 bits per heavy atom. The SMILES string of the molecule is C=C1O[P@@](=O)(S)OC[C@H]2O[C@@H](n3cnc4c(N)ncnc43)[C@H](F)[C@@H]2O[P@@](=O)(S)OC[C@H]2C[C@@H](n3cnc4c(O)n5ccnc5nc43)[C@H]12. The van der Waals surface area contributed by atoms with Gasteiger partial charge in [-0.1, -0.05) is 18.8 Å². The zero-order valence-corrected chi connectivity index (χ0v) is 27.4. The summed E-state index contributed by atoms with van der Waals surface area (Å²) in [5, 5.41) is 10.7. The van der Waals surface area contributed by atoms with Gasteiger partial charge in [0.05, 0.1) is 25.9 Å². The van der Waals surface area contributed by atoms with E-state index in [2.05, 4.69) is 61.0 Å². The van der Waals surface area contributed by atoms with Gasteiger partial charge < -0.3 is 29.2 Å². The Labute approximate surface area is 273 Å². The van der Waals surface area contributed by atoms with Gasteiger partial charge in [0.2, 0.25) is 11.7 Å². The van der Waals surface area contributed by atoms with E-state index in [1.807, 2.05) is 0 Å². The van der Waals surface area contributed by atoms with E-state index in [0.29, 0.717) is 12.1 Å². The molecule has 18 nitrogen and oxygen atoms in total. The highest BCUT2D eigenvalue weighted by atomic mass is 32.7. The quantitative estimate of drug-likeness (QED) is 0.151. The van der Waals surface area contributed by atoms with E-state index in [9.17, 15) is 14.2 Å². The van der Waals surface area contributed by atoms with Crippen LogP contribution < -0.4 is 5.73 Å². The first-order valence-corrected chi connectivity index (χ1v) is 19.4. The lowest BCUT2D eigenvalue weighted by Gasteiger charge is -2.45. The number of anilines is 1. The number of imidazole rings is 3. The molecule has 47 heavy (non-hydrogen) atoms. The zero-order valence-electron chi connectivity index (χ0n) is 23.8. The number of hydrogen-bond acceptors (Lipinski definition) is 15. The standard InChI is InChI=1S/C24H25FN10O8P2S2/c1-10-14-11(4-12(14)34-8-31-17-21(34)32-24-27-2-3-33(24)22(17)36)5-39-45(38,47)43-18-13(6-40-44(37,46)42-10)41-23(15(18)25)35-9-30-16-19(26)28-7-29-20(16)35/h2-3,7-9,11-15,18,23,36H,1,4-6H2,(H,37,46)(H,38,47)(H2,26,28,29)/t11-,12-,13-,14-,15-,18-,23-,44+,45+/m1/s1. The highest BCUT2D eigenvalue weighted by Crippen LogP contribution is 2.62. The first-order valence-electron chi connectivity index (χ1n) is 14.0. The highest BCUT2D eigenvalue weighted by Gasteiger charge is 2.53. The molecule has 3 aliphatic rings. The summed E-state index contributed by atoms with van der Waals surface area (Å²) < 4.78 is 76.0. The van der Waals surface area contributed by atoms with Gasteiger partial charge in [-0.15, -0.1) is 0 Å². The molecule has 0 radical (unpaired) electrons. The second kappa shape index (κ2) is 11.1. The van der Waals surface area contributed by atoms with Gasteiger partial charge in [0, 0.05) is 24.4 Å². The zero-order chi connectivity index (χ0) is 32.8. The Bertz CT molecular complexity index is 2170. The van der Waals surface area contributed by atoms with Crippen molar-refractivity contribution in [3.63, 3.8) is 0 Å². The van der Waals surface area contributed by atoms with Gasteiger partial charge in [-0.05, 0) is 24.6 Å². The van der Waals surface area contributed by atoms with Crippen LogP contribution in [0.15, 0.2) is 43.7 Å². The minimum absolute atomic E-state index is 0.0302. The Balaban J connectivity index is 1.08.